The van der Waals surface area contributed by atoms with E-state index < -0.39 is 5.41 Å². The molecule has 20 heavy (non-hydrogen) atoms. The van der Waals surface area contributed by atoms with Crippen LogP contribution in [0.4, 0.5) is 0 Å². The molecule has 6 heteroatoms. The van der Waals surface area contributed by atoms with Crippen LogP contribution in [0.15, 0.2) is 0 Å². The highest BCUT2D eigenvalue weighted by molar-refractivity contribution is 7.80. The lowest BCUT2D eigenvalue weighted by Gasteiger charge is -2.35. The van der Waals surface area contributed by atoms with E-state index >= 15 is 0 Å². The zero-order valence-corrected chi connectivity index (χ0v) is 13.2. The lowest BCUT2D eigenvalue weighted by atomic mass is 9.79. The van der Waals surface area contributed by atoms with Crippen LogP contribution in [0.1, 0.15) is 32.6 Å². The molecular formula is C14H25N3O2S. The third-order valence-corrected chi connectivity index (χ3v) is 5.02. The Hall–Kier alpha value is -0.720. The number of carbonyl (C=O) groups excluding carboxylic acids is 1. The van der Waals surface area contributed by atoms with Crippen LogP contribution < -0.4 is 11.1 Å². The molecule has 0 spiro atoms. The third-order valence-electron chi connectivity index (χ3n) is 4.63. The maximum Gasteiger partial charge on any atom is 0.233 e. The molecule has 2 aliphatic rings. The van der Waals surface area contributed by atoms with Gasteiger partial charge in [-0.3, -0.25) is 9.69 Å². The van der Waals surface area contributed by atoms with E-state index in [2.05, 4.69) is 24.2 Å². The van der Waals surface area contributed by atoms with E-state index in [1.165, 1.54) is 12.8 Å². The maximum atomic E-state index is 12.5. The molecule has 1 unspecified atom stereocenters. The second kappa shape index (κ2) is 6.37. The highest BCUT2D eigenvalue weighted by Crippen LogP contribution is 2.31. The summed E-state index contributed by atoms with van der Waals surface area (Å²) in [5.74, 6) is -0.0376. The Labute approximate surface area is 126 Å². The van der Waals surface area contributed by atoms with Crippen LogP contribution in [0, 0.1) is 5.41 Å². The van der Waals surface area contributed by atoms with Crippen molar-refractivity contribution in [2.75, 3.05) is 26.8 Å². The number of likely N-dealkylation sites (N-methyl/N-ethyl adjacent to an activating group) is 1. The molecule has 1 atom stereocenters. The van der Waals surface area contributed by atoms with Gasteiger partial charge in [-0.15, -0.1) is 0 Å². The van der Waals surface area contributed by atoms with Crippen molar-refractivity contribution in [2.24, 2.45) is 11.1 Å². The Morgan fingerprint density at radius 1 is 1.50 bits per heavy atom. The van der Waals surface area contributed by atoms with Crippen LogP contribution in [0.25, 0.3) is 0 Å². The fourth-order valence-corrected chi connectivity index (χ4v) is 3.00. The van der Waals surface area contributed by atoms with Gasteiger partial charge < -0.3 is 15.8 Å². The molecule has 0 aromatic rings. The van der Waals surface area contributed by atoms with Gasteiger partial charge in [0.25, 0.3) is 0 Å². The number of rotatable bonds is 6. The average molecular weight is 299 g/mol. The van der Waals surface area contributed by atoms with Crippen LogP contribution in [0.2, 0.25) is 0 Å². The van der Waals surface area contributed by atoms with Crippen molar-refractivity contribution < 1.29 is 9.53 Å². The summed E-state index contributed by atoms with van der Waals surface area (Å²) >= 11 is 5.14. The molecule has 0 bridgehead atoms. The molecule has 2 rings (SSSR count). The maximum absolute atomic E-state index is 12.5. The summed E-state index contributed by atoms with van der Waals surface area (Å²) in [5, 5.41) is 3.03. The molecule has 3 N–H and O–H groups in total. The summed E-state index contributed by atoms with van der Waals surface area (Å²) in [6, 6.07) is 1.02. The molecule has 0 radical (unpaired) electrons. The molecule has 2 fully saturated rings. The minimum atomic E-state index is -0.717. The minimum absolute atomic E-state index is 0.0376. The van der Waals surface area contributed by atoms with Gasteiger partial charge in [0.2, 0.25) is 5.91 Å². The number of hydrogen-bond donors (Lipinski definition) is 2. The van der Waals surface area contributed by atoms with Gasteiger partial charge in [-0.05, 0) is 39.7 Å². The van der Waals surface area contributed by atoms with Crippen LogP contribution in [0.5, 0.6) is 0 Å². The predicted molar refractivity (Wildman–Crippen MR) is 82.5 cm³/mol. The van der Waals surface area contributed by atoms with Crippen LogP contribution >= 0.6 is 12.2 Å². The summed E-state index contributed by atoms with van der Waals surface area (Å²) in [5.41, 5.74) is 5.12. The van der Waals surface area contributed by atoms with Crippen molar-refractivity contribution >= 4 is 23.1 Å². The first-order valence-corrected chi connectivity index (χ1v) is 7.76. The highest BCUT2D eigenvalue weighted by atomic mass is 32.1. The predicted octanol–water partition coefficient (Wildman–Crippen LogP) is 0.668. The lowest BCUT2D eigenvalue weighted by molar-refractivity contribution is -0.131. The summed E-state index contributed by atoms with van der Waals surface area (Å²) in [7, 11) is 2.12. The van der Waals surface area contributed by atoms with E-state index in [0.29, 0.717) is 49.7 Å². The van der Waals surface area contributed by atoms with E-state index in [9.17, 15) is 4.79 Å². The van der Waals surface area contributed by atoms with Crippen molar-refractivity contribution in [3.05, 3.63) is 0 Å². The minimum Gasteiger partial charge on any atom is -0.392 e. The Morgan fingerprint density at radius 3 is 2.60 bits per heavy atom. The van der Waals surface area contributed by atoms with Crippen molar-refractivity contribution in [1.82, 2.24) is 10.2 Å². The van der Waals surface area contributed by atoms with Gasteiger partial charge in [0.1, 0.15) is 5.41 Å². The highest BCUT2D eigenvalue weighted by Gasteiger charge is 2.43. The van der Waals surface area contributed by atoms with Gasteiger partial charge in [0.05, 0.1) is 4.99 Å². The normalized spacial score (nSPS) is 23.4. The zero-order chi connectivity index (χ0) is 14.8. The van der Waals surface area contributed by atoms with Crippen molar-refractivity contribution in [1.29, 1.82) is 0 Å². The molecule has 0 aromatic heterocycles. The fraction of sp³-hybridized carbons (Fsp3) is 0.857. The summed E-state index contributed by atoms with van der Waals surface area (Å²) in [6.45, 7) is 3.86. The Morgan fingerprint density at radius 2 is 2.10 bits per heavy atom. The monoisotopic (exact) mass is 299 g/mol. The van der Waals surface area contributed by atoms with Gasteiger partial charge in [-0.1, -0.05) is 12.2 Å². The van der Waals surface area contributed by atoms with E-state index in [1.807, 2.05) is 0 Å². The summed E-state index contributed by atoms with van der Waals surface area (Å²) in [4.78, 5) is 15.1. The molecule has 1 aliphatic carbocycles. The Bertz CT molecular complexity index is 379. The summed E-state index contributed by atoms with van der Waals surface area (Å²) in [6.07, 6.45) is 3.70. The molecule has 5 nitrogen and oxygen atoms in total. The van der Waals surface area contributed by atoms with E-state index in [4.69, 9.17) is 22.7 Å². The molecule has 1 amide bonds. The molecule has 0 aromatic carbocycles. The van der Waals surface area contributed by atoms with E-state index in [0.717, 1.165) is 0 Å². The van der Waals surface area contributed by atoms with E-state index in [-0.39, 0.29) is 5.91 Å². The van der Waals surface area contributed by atoms with Crippen LogP contribution in [-0.4, -0.2) is 54.7 Å². The molecule has 1 aliphatic heterocycles. The third kappa shape index (κ3) is 3.30. The van der Waals surface area contributed by atoms with Crippen molar-refractivity contribution in [3.8, 4) is 0 Å². The van der Waals surface area contributed by atoms with E-state index in [1.54, 1.807) is 0 Å². The number of amides is 1. The van der Waals surface area contributed by atoms with Gasteiger partial charge in [-0.25, -0.2) is 0 Å². The fourth-order valence-electron chi connectivity index (χ4n) is 2.70. The first-order valence-electron chi connectivity index (χ1n) is 7.35. The van der Waals surface area contributed by atoms with Gasteiger partial charge >= 0.3 is 0 Å². The largest absolute Gasteiger partial charge is 0.392 e. The zero-order valence-electron chi connectivity index (χ0n) is 12.4. The number of nitrogens with zero attached hydrogens (tertiary/aromatic N) is 1. The SMILES string of the molecule is CC(CNC(=O)C1(C(N)=S)CCOCC1)N(C)C1CC1. The second-order valence-electron chi connectivity index (χ2n) is 6.01. The Balaban J connectivity index is 1.89. The number of ether oxygens (including phenoxy) is 1. The van der Waals surface area contributed by atoms with Gasteiger partial charge in [-0.2, -0.15) is 0 Å². The molecule has 114 valence electrons. The molecular weight excluding hydrogens is 274 g/mol. The van der Waals surface area contributed by atoms with Gasteiger partial charge in [0.15, 0.2) is 0 Å². The van der Waals surface area contributed by atoms with Gasteiger partial charge in [0, 0.05) is 31.8 Å². The quantitative estimate of drug-likeness (QED) is 0.706. The lowest BCUT2D eigenvalue weighted by Crippen LogP contribution is -2.53. The van der Waals surface area contributed by atoms with Crippen LogP contribution in [-0.2, 0) is 9.53 Å². The number of carbonyl (C=O) groups is 1. The van der Waals surface area contributed by atoms with Crippen LogP contribution in [0.3, 0.4) is 0 Å². The first-order chi connectivity index (χ1) is 9.47. The first kappa shape index (κ1) is 15.7. The Kier molecular flexibility index (Phi) is 4.99. The molecule has 1 saturated carbocycles. The number of nitrogens with two attached hydrogens (primary N) is 1. The topological polar surface area (TPSA) is 67.6 Å². The van der Waals surface area contributed by atoms with Crippen molar-refractivity contribution in [3.63, 3.8) is 0 Å². The number of nitrogens with one attached hydrogen (secondary N) is 1. The molecule has 1 heterocycles. The smallest absolute Gasteiger partial charge is 0.233 e. The second-order valence-corrected chi connectivity index (χ2v) is 6.45. The number of thiocarbonyl (C=S) groups is 1. The number of hydrogen-bond acceptors (Lipinski definition) is 4. The standard InChI is InChI=1S/C14H25N3O2S/c1-10(17(2)11-3-4-11)9-16-13(18)14(12(15)20)5-7-19-8-6-14/h10-11H,3-9H2,1-2H3,(H2,15,20)(H,16,18). The summed E-state index contributed by atoms with van der Waals surface area (Å²) < 4.78 is 5.33. The molecule has 1 saturated heterocycles. The van der Waals surface area contributed by atoms with Crippen molar-refractivity contribution in [2.45, 2.75) is 44.7 Å². The average Bonchev–Trinajstić information content (AvgIpc) is 3.28.